The lowest BCUT2D eigenvalue weighted by atomic mass is 10.1. The van der Waals surface area contributed by atoms with E-state index in [2.05, 4.69) is 10.1 Å². The summed E-state index contributed by atoms with van der Waals surface area (Å²) in [5.41, 5.74) is -0.450. The Morgan fingerprint density at radius 1 is 1.02 bits per heavy atom. The third kappa shape index (κ3) is 4.23. The normalized spacial score (nSPS) is 17.4. The second-order valence-corrected chi connectivity index (χ2v) is 14.9. The topological polar surface area (TPSA) is 110 Å². The molecule has 0 amide bonds. The van der Waals surface area contributed by atoms with Gasteiger partial charge in [0.05, 0.1) is 32.9 Å². The lowest BCUT2D eigenvalue weighted by molar-refractivity contribution is 0.501. The number of nitrogens with zero attached hydrogens (tertiary/aromatic N) is 6. The fourth-order valence-corrected chi connectivity index (χ4v) is 7.74. The molecule has 0 atom stereocenters. The lowest BCUT2D eigenvalue weighted by Crippen LogP contribution is -2.55. The Labute approximate surface area is 234 Å². The van der Waals surface area contributed by atoms with Gasteiger partial charge in [-0.25, -0.2) is 22.2 Å². The Kier molecular flexibility index (Phi) is 6.16. The molecule has 1 saturated carbocycles. The Morgan fingerprint density at radius 2 is 1.77 bits per heavy atom. The number of hydrogen-bond donors (Lipinski definition) is 0. The van der Waals surface area contributed by atoms with Crippen LogP contribution in [0.15, 0.2) is 53.8 Å². The van der Waals surface area contributed by atoms with Crippen LogP contribution in [-0.2, 0) is 20.0 Å². The number of piperazine rings is 1. The maximum absolute atomic E-state index is 14.5. The molecule has 1 aliphatic carbocycles. The SMILES string of the molecule is CC(C)S(=O)(=O)n1ccc(S(=O)(=O)n2nc(N3CCN(c4ccc(F)cn4)CC34CC4)c3c(Cl)cc(F)cc32)c1. The Bertz CT molecular complexity index is 1850. The molecule has 0 radical (unpaired) electrons. The van der Waals surface area contributed by atoms with Crippen LogP contribution in [0.4, 0.5) is 20.4 Å². The minimum absolute atomic E-state index is 0.00448. The van der Waals surface area contributed by atoms with Crippen molar-refractivity contribution in [1.29, 1.82) is 0 Å². The quantitative estimate of drug-likeness (QED) is 0.324. The zero-order chi connectivity index (χ0) is 28.6. The van der Waals surface area contributed by atoms with Crippen LogP contribution in [0.3, 0.4) is 0 Å². The summed E-state index contributed by atoms with van der Waals surface area (Å²) in [5.74, 6) is -0.247. The zero-order valence-corrected chi connectivity index (χ0v) is 23.9. The summed E-state index contributed by atoms with van der Waals surface area (Å²) in [4.78, 5) is 7.91. The van der Waals surface area contributed by atoms with Gasteiger partial charge in [0.2, 0.25) is 10.0 Å². The van der Waals surface area contributed by atoms with Crippen LogP contribution in [0.2, 0.25) is 5.02 Å². The van der Waals surface area contributed by atoms with E-state index in [-0.39, 0.29) is 20.8 Å². The highest BCUT2D eigenvalue weighted by Crippen LogP contribution is 2.49. The van der Waals surface area contributed by atoms with Gasteiger partial charge in [-0.2, -0.15) is 12.5 Å². The van der Waals surface area contributed by atoms with E-state index in [9.17, 15) is 25.6 Å². The van der Waals surface area contributed by atoms with Gasteiger partial charge < -0.3 is 9.80 Å². The van der Waals surface area contributed by atoms with Crippen LogP contribution in [0.1, 0.15) is 26.7 Å². The number of pyridine rings is 1. The van der Waals surface area contributed by atoms with Gasteiger partial charge in [-0.3, -0.25) is 3.97 Å². The van der Waals surface area contributed by atoms with Gasteiger partial charge in [0, 0.05) is 38.1 Å². The summed E-state index contributed by atoms with van der Waals surface area (Å²) in [6, 6.07) is 6.29. The molecule has 40 heavy (non-hydrogen) atoms. The molecule has 0 bridgehead atoms. The zero-order valence-electron chi connectivity index (χ0n) is 21.5. The van der Waals surface area contributed by atoms with Crippen LogP contribution in [0.25, 0.3) is 10.9 Å². The van der Waals surface area contributed by atoms with Crippen molar-refractivity contribution >= 4 is 54.2 Å². The Balaban J connectivity index is 1.43. The number of hydrogen-bond acceptors (Lipinski definition) is 8. The number of anilines is 2. The van der Waals surface area contributed by atoms with Gasteiger partial charge in [-0.15, -0.1) is 5.10 Å². The van der Waals surface area contributed by atoms with E-state index in [1.807, 2.05) is 9.80 Å². The van der Waals surface area contributed by atoms with E-state index in [0.717, 1.165) is 51.6 Å². The summed E-state index contributed by atoms with van der Waals surface area (Å²) < 4.78 is 82.3. The first-order chi connectivity index (χ1) is 18.8. The van der Waals surface area contributed by atoms with Crippen LogP contribution >= 0.6 is 11.6 Å². The number of halogens is 3. The molecule has 1 aromatic carbocycles. The summed E-state index contributed by atoms with van der Waals surface area (Å²) >= 11 is 6.49. The molecule has 2 aliphatic rings. The van der Waals surface area contributed by atoms with Crippen LogP contribution in [-0.4, -0.2) is 65.4 Å². The highest BCUT2D eigenvalue weighted by molar-refractivity contribution is 7.91. The number of rotatable bonds is 6. The molecule has 1 saturated heterocycles. The molecule has 0 unspecified atom stereocenters. The molecule has 1 spiro atoms. The van der Waals surface area contributed by atoms with Gasteiger partial charge in [0.15, 0.2) is 5.82 Å². The molecule has 15 heteroatoms. The van der Waals surface area contributed by atoms with Gasteiger partial charge in [0.25, 0.3) is 10.0 Å². The van der Waals surface area contributed by atoms with Gasteiger partial charge >= 0.3 is 0 Å². The van der Waals surface area contributed by atoms with Crippen LogP contribution < -0.4 is 9.80 Å². The van der Waals surface area contributed by atoms with Crippen LogP contribution in [0, 0.1) is 11.6 Å². The van der Waals surface area contributed by atoms with Crippen molar-refractivity contribution < 1.29 is 25.6 Å². The summed E-state index contributed by atoms with van der Waals surface area (Å²) in [7, 11) is -8.25. The average Bonchev–Trinajstić information content (AvgIpc) is 3.29. The Morgan fingerprint density at radius 3 is 2.42 bits per heavy atom. The third-order valence-corrected chi connectivity index (χ3v) is 11.3. The molecule has 6 rings (SSSR count). The lowest BCUT2D eigenvalue weighted by Gasteiger charge is -2.43. The molecule has 10 nitrogen and oxygen atoms in total. The summed E-state index contributed by atoms with van der Waals surface area (Å²) in [6.45, 7) is 4.45. The molecular formula is C25H25ClF2N6O4S2. The number of fused-ring (bicyclic) bond motifs is 1. The third-order valence-electron chi connectivity index (χ3n) is 7.47. The number of benzene rings is 1. The molecule has 4 heterocycles. The largest absolute Gasteiger partial charge is 0.352 e. The highest BCUT2D eigenvalue weighted by atomic mass is 35.5. The minimum atomic E-state index is -4.44. The smallest absolute Gasteiger partial charge is 0.285 e. The van der Waals surface area contributed by atoms with Crippen molar-refractivity contribution in [3.63, 3.8) is 0 Å². The van der Waals surface area contributed by atoms with E-state index in [1.54, 1.807) is 6.07 Å². The fourth-order valence-electron chi connectivity index (χ4n) is 5.14. The highest BCUT2D eigenvalue weighted by Gasteiger charge is 2.53. The van der Waals surface area contributed by atoms with Crippen molar-refractivity contribution in [2.24, 2.45) is 0 Å². The molecular weight excluding hydrogens is 586 g/mol. The van der Waals surface area contributed by atoms with Crippen LogP contribution in [0.5, 0.6) is 0 Å². The first kappa shape index (κ1) is 27.0. The van der Waals surface area contributed by atoms with E-state index in [4.69, 9.17) is 11.6 Å². The van der Waals surface area contributed by atoms with Crippen molar-refractivity contribution in [2.75, 3.05) is 29.4 Å². The predicted molar refractivity (Wildman–Crippen MR) is 147 cm³/mol. The maximum atomic E-state index is 14.5. The molecule has 0 N–H and O–H groups in total. The summed E-state index contributed by atoms with van der Waals surface area (Å²) in [6.07, 6.45) is 4.91. The predicted octanol–water partition coefficient (Wildman–Crippen LogP) is 3.85. The summed E-state index contributed by atoms with van der Waals surface area (Å²) in [5, 5.41) is 3.98. The monoisotopic (exact) mass is 610 g/mol. The van der Waals surface area contributed by atoms with Crippen molar-refractivity contribution in [3.8, 4) is 0 Å². The molecule has 2 fully saturated rings. The van der Waals surface area contributed by atoms with Gasteiger partial charge in [-0.1, -0.05) is 11.6 Å². The first-order valence-corrected chi connectivity index (χ1v) is 15.9. The molecule has 212 valence electrons. The number of aromatic nitrogens is 4. The van der Waals surface area contributed by atoms with E-state index < -0.39 is 42.5 Å². The van der Waals surface area contributed by atoms with Crippen molar-refractivity contribution in [2.45, 2.75) is 42.4 Å². The molecule has 3 aromatic heterocycles. The van der Waals surface area contributed by atoms with Gasteiger partial charge in [-0.05, 0) is 51.0 Å². The standard InChI is InChI=1S/C25H25ClF2N6O4S2/c1-16(2)39(35,36)32-8-5-19(14-32)40(37,38)34-21-12-18(28)11-20(26)23(21)24(30-34)33-10-9-31(15-25(33)6-7-25)22-4-3-17(27)13-29-22/h3-5,8,11-14,16H,6-7,9-10,15H2,1-2H3. The second-order valence-electron chi connectivity index (χ2n) is 10.4. The molecule has 4 aromatic rings. The Hall–Kier alpha value is -3.23. The minimum Gasteiger partial charge on any atom is -0.352 e. The van der Waals surface area contributed by atoms with E-state index >= 15 is 0 Å². The molecule has 1 aliphatic heterocycles. The van der Waals surface area contributed by atoms with E-state index in [1.165, 1.54) is 26.0 Å². The first-order valence-electron chi connectivity index (χ1n) is 12.5. The second kappa shape index (κ2) is 9.14. The van der Waals surface area contributed by atoms with Crippen molar-refractivity contribution in [3.05, 3.63) is 65.6 Å². The van der Waals surface area contributed by atoms with E-state index in [0.29, 0.717) is 31.3 Å². The average molecular weight is 611 g/mol. The maximum Gasteiger partial charge on any atom is 0.285 e. The van der Waals surface area contributed by atoms with Gasteiger partial charge in [0.1, 0.15) is 22.3 Å². The van der Waals surface area contributed by atoms with Crippen molar-refractivity contribution in [1.82, 2.24) is 18.1 Å². The fraction of sp³-hybridized carbons (Fsp3) is 0.360.